The van der Waals surface area contributed by atoms with Gasteiger partial charge < -0.3 is 15.4 Å². The highest BCUT2D eigenvalue weighted by molar-refractivity contribution is 7.90. The number of pyridine rings is 1. The molecule has 3 rings (SSSR count). The van der Waals surface area contributed by atoms with E-state index in [4.69, 9.17) is 4.74 Å². The number of unbranched alkanes of at least 4 members (excludes halogenated alkanes) is 1. The molecular formula is C30H41N3O6S. The van der Waals surface area contributed by atoms with Crippen LogP contribution >= 0.6 is 0 Å². The summed E-state index contributed by atoms with van der Waals surface area (Å²) in [6.45, 7) is 5.57. The Morgan fingerprint density at radius 1 is 1.05 bits per heavy atom. The summed E-state index contributed by atoms with van der Waals surface area (Å²) in [6, 6.07) is 8.08. The molecular weight excluding hydrogens is 530 g/mol. The number of hydrogen-bond donors (Lipinski definition) is 2. The first kappa shape index (κ1) is 31.3. The Labute approximate surface area is 237 Å². The summed E-state index contributed by atoms with van der Waals surface area (Å²) in [6.07, 6.45) is 8.16. The number of nitrogens with one attached hydrogen (secondary N) is 2. The third kappa shape index (κ3) is 8.61. The normalized spacial score (nSPS) is 15.3. The lowest BCUT2D eigenvalue weighted by molar-refractivity contribution is -0.148. The van der Waals surface area contributed by atoms with E-state index in [1.165, 1.54) is 6.26 Å². The summed E-state index contributed by atoms with van der Waals surface area (Å²) in [5, 5.41) is 5.86. The smallest absolute Gasteiger partial charge is 0.328 e. The number of amides is 2. The summed E-state index contributed by atoms with van der Waals surface area (Å²) in [5.41, 5.74) is 2.83. The van der Waals surface area contributed by atoms with E-state index < -0.39 is 27.3 Å². The van der Waals surface area contributed by atoms with Crippen LogP contribution in [0.4, 0.5) is 5.69 Å². The van der Waals surface area contributed by atoms with E-state index in [2.05, 4.69) is 15.6 Å². The van der Waals surface area contributed by atoms with Crippen LogP contribution in [-0.4, -0.2) is 55.8 Å². The fraction of sp³-hybridized carbons (Fsp3) is 0.533. The monoisotopic (exact) mass is 571 g/mol. The van der Waals surface area contributed by atoms with Crippen LogP contribution in [0, 0.1) is 19.3 Å². The number of ether oxygens (including phenoxy) is 1. The molecule has 0 bridgehead atoms. The molecule has 2 amide bonds. The number of hydrogen-bond acceptors (Lipinski definition) is 7. The molecule has 40 heavy (non-hydrogen) atoms. The number of rotatable bonds is 13. The molecule has 1 fully saturated rings. The van der Waals surface area contributed by atoms with Gasteiger partial charge in [-0.1, -0.05) is 31.4 Å². The molecule has 10 heteroatoms. The maximum absolute atomic E-state index is 13.5. The standard InChI is InChI=1S/C30H41N3O6S/c1-5-39-28(35)25(33-29(36)30(15-6-7-16-30)17-8-9-19-40(4,37)38)20-23-10-12-24(13-11-23)32-27(34)26-21(2)14-18-31-22(26)3/h10-14,18,25H,5-9,15-17,19-20H2,1-4H3,(H,32,34)(H,33,36)/t25-/m0/s1. The quantitative estimate of drug-likeness (QED) is 0.270. The minimum atomic E-state index is -3.05. The van der Waals surface area contributed by atoms with Gasteiger partial charge in [-0.05, 0) is 75.8 Å². The van der Waals surface area contributed by atoms with Gasteiger partial charge >= 0.3 is 5.97 Å². The highest BCUT2D eigenvalue weighted by Gasteiger charge is 2.42. The fourth-order valence-corrected chi connectivity index (χ4v) is 6.14. The molecule has 1 aromatic carbocycles. The molecule has 1 aromatic heterocycles. The molecule has 2 N–H and O–H groups in total. The Bertz CT molecular complexity index is 1280. The molecule has 0 aliphatic heterocycles. The predicted octanol–water partition coefficient (Wildman–Crippen LogP) is 4.32. The maximum atomic E-state index is 13.5. The molecule has 1 aliphatic rings. The summed E-state index contributed by atoms with van der Waals surface area (Å²) < 4.78 is 28.3. The number of sulfone groups is 1. The van der Waals surface area contributed by atoms with Crippen LogP contribution < -0.4 is 10.6 Å². The van der Waals surface area contributed by atoms with Crippen molar-refractivity contribution in [3.05, 3.63) is 58.9 Å². The third-order valence-electron chi connectivity index (χ3n) is 7.57. The fourth-order valence-electron chi connectivity index (χ4n) is 5.41. The molecule has 0 saturated heterocycles. The molecule has 1 atom stereocenters. The second-order valence-electron chi connectivity index (χ2n) is 10.8. The van der Waals surface area contributed by atoms with E-state index in [-0.39, 0.29) is 30.6 Å². The van der Waals surface area contributed by atoms with E-state index >= 15 is 0 Å². The highest BCUT2D eigenvalue weighted by atomic mass is 32.2. The highest BCUT2D eigenvalue weighted by Crippen LogP contribution is 2.42. The summed E-state index contributed by atoms with van der Waals surface area (Å²) in [4.78, 5) is 43.4. The summed E-state index contributed by atoms with van der Waals surface area (Å²) in [7, 11) is -3.05. The summed E-state index contributed by atoms with van der Waals surface area (Å²) in [5.74, 6) is -0.811. The van der Waals surface area contributed by atoms with Crippen molar-refractivity contribution in [2.75, 3.05) is 23.9 Å². The van der Waals surface area contributed by atoms with Crippen molar-refractivity contribution in [3.8, 4) is 0 Å². The van der Waals surface area contributed by atoms with Crippen molar-refractivity contribution in [1.82, 2.24) is 10.3 Å². The van der Waals surface area contributed by atoms with Crippen LogP contribution in [0.2, 0.25) is 0 Å². The van der Waals surface area contributed by atoms with Gasteiger partial charge in [-0.15, -0.1) is 0 Å². The second-order valence-corrected chi connectivity index (χ2v) is 13.1. The Balaban J connectivity index is 1.68. The average Bonchev–Trinajstić information content (AvgIpc) is 3.37. The van der Waals surface area contributed by atoms with E-state index in [9.17, 15) is 22.8 Å². The van der Waals surface area contributed by atoms with Crippen LogP contribution in [0.1, 0.15) is 79.0 Å². The number of aryl methyl sites for hydroxylation is 2. The van der Waals surface area contributed by atoms with Crippen molar-refractivity contribution in [1.29, 1.82) is 0 Å². The Hall–Kier alpha value is -3.27. The molecule has 0 radical (unpaired) electrons. The third-order valence-corrected chi connectivity index (χ3v) is 8.60. The van der Waals surface area contributed by atoms with Gasteiger partial charge in [0.15, 0.2) is 0 Å². The van der Waals surface area contributed by atoms with E-state index in [1.54, 1.807) is 38.2 Å². The number of nitrogens with zero attached hydrogens (tertiary/aromatic N) is 1. The van der Waals surface area contributed by atoms with Gasteiger partial charge in [0.25, 0.3) is 5.91 Å². The van der Waals surface area contributed by atoms with Crippen LogP contribution in [0.25, 0.3) is 0 Å². The van der Waals surface area contributed by atoms with Crippen molar-refractivity contribution in [2.45, 2.75) is 78.2 Å². The average molecular weight is 572 g/mol. The van der Waals surface area contributed by atoms with Crippen LogP contribution in [-0.2, 0) is 30.6 Å². The number of benzene rings is 1. The first-order valence-electron chi connectivity index (χ1n) is 13.9. The van der Waals surface area contributed by atoms with Crippen molar-refractivity contribution >= 4 is 33.3 Å². The molecule has 1 heterocycles. The van der Waals surface area contributed by atoms with Gasteiger partial charge in [0, 0.05) is 35.7 Å². The Kier molecular flexibility index (Phi) is 10.8. The van der Waals surface area contributed by atoms with Gasteiger partial charge in [0.1, 0.15) is 15.9 Å². The zero-order valence-electron chi connectivity index (χ0n) is 23.9. The SMILES string of the molecule is CCOC(=O)[C@H](Cc1ccc(NC(=O)c2c(C)ccnc2C)cc1)NC(=O)C1(CCCCS(C)(=O)=O)CCCC1. The van der Waals surface area contributed by atoms with Crippen LogP contribution in [0.15, 0.2) is 36.5 Å². The van der Waals surface area contributed by atoms with E-state index in [0.717, 1.165) is 36.8 Å². The Morgan fingerprint density at radius 3 is 2.33 bits per heavy atom. The van der Waals surface area contributed by atoms with Gasteiger partial charge in [0.2, 0.25) is 5.91 Å². The predicted molar refractivity (Wildman–Crippen MR) is 155 cm³/mol. The maximum Gasteiger partial charge on any atom is 0.328 e. The lowest BCUT2D eigenvalue weighted by Gasteiger charge is -2.30. The molecule has 0 unspecified atom stereocenters. The molecule has 1 saturated carbocycles. The van der Waals surface area contributed by atoms with E-state index in [0.29, 0.717) is 36.2 Å². The lowest BCUT2D eigenvalue weighted by Crippen LogP contribution is -2.49. The Morgan fingerprint density at radius 2 is 1.73 bits per heavy atom. The second kappa shape index (κ2) is 13.9. The number of esters is 1. The zero-order valence-corrected chi connectivity index (χ0v) is 24.7. The molecule has 1 aliphatic carbocycles. The molecule has 218 valence electrons. The number of carbonyl (C=O) groups is 3. The zero-order chi connectivity index (χ0) is 29.3. The number of aromatic nitrogens is 1. The first-order chi connectivity index (χ1) is 18.9. The van der Waals surface area contributed by atoms with Crippen molar-refractivity contribution < 1.29 is 27.5 Å². The summed E-state index contributed by atoms with van der Waals surface area (Å²) >= 11 is 0. The minimum Gasteiger partial charge on any atom is -0.464 e. The van der Waals surface area contributed by atoms with Gasteiger partial charge in [0.05, 0.1) is 17.9 Å². The number of anilines is 1. The molecule has 0 spiro atoms. The van der Waals surface area contributed by atoms with E-state index in [1.807, 2.05) is 19.1 Å². The lowest BCUT2D eigenvalue weighted by atomic mass is 9.80. The van der Waals surface area contributed by atoms with Crippen LogP contribution in [0.5, 0.6) is 0 Å². The minimum absolute atomic E-state index is 0.105. The van der Waals surface area contributed by atoms with Gasteiger partial charge in [-0.3, -0.25) is 14.6 Å². The molecule has 2 aromatic rings. The molecule has 9 nitrogen and oxygen atoms in total. The largest absolute Gasteiger partial charge is 0.464 e. The number of carbonyl (C=O) groups excluding carboxylic acids is 3. The first-order valence-corrected chi connectivity index (χ1v) is 16.0. The van der Waals surface area contributed by atoms with Crippen molar-refractivity contribution in [2.24, 2.45) is 5.41 Å². The topological polar surface area (TPSA) is 132 Å². The van der Waals surface area contributed by atoms with Gasteiger partial charge in [-0.25, -0.2) is 13.2 Å². The van der Waals surface area contributed by atoms with Crippen molar-refractivity contribution in [3.63, 3.8) is 0 Å². The van der Waals surface area contributed by atoms with Gasteiger partial charge in [-0.2, -0.15) is 0 Å². The van der Waals surface area contributed by atoms with Crippen LogP contribution in [0.3, 0.4) is 0 Å².